The Hall–Kier alpha value is -1.71. The highest BCUT2D eigenvalue weighted by Gasteiger charge is 2.18. The molecule has 0 aliphatic carbocycles. The molecular weight excluding hydrogens is 202 g/mol. The number of Topliss-reactive ketones (excluding diaryl/α,β-unsaturated/α-hetero) is 1. The molecule has 2 aromatic rings. The lowest BCUT2D eigenvalue weighted by molar-refractivity contribution is 0.101. The van der Waals surface area contributed by atoms with E-state index in [9.17, 15) is 4.79 Å². The average molecular weight is 217 g/mol. The monoisotopic (exact) mass is 217 g/mol. The molecule has 0 aliphatic heterocycles. The van der Waals surface area contributed by atoms with Crippen LogP contribution < -0.4 is 0 Å². The number of nitrogens with zero attached hydrogens (tertiary/aromatic N) is 3. The standard InChI is InChI=1S/C12H15N3O/c1-8(16)9-6-13-11-5-10(12(2,3)4)14-15(11)7-9/h5-7H,1-4H3. The Labute approximate surface area is 94.3 Å². The van der Waals surface area contributed by atoms with E-state index in [0.717, 1.165) is 11.3 Å². The normalized spacial score (nSPS) is 12.0. The van der Waals surface area contributed by atoms with Crippen molar-refractivity contribution in [2.45, 2.75) is 33.1 Å². The summed E-state index contributed by atoms with van der Waals surface area (Å²) >= 11 is 0. The third-order valence-corrected chi connectivity index (χ3v) is 2.49. The fraction of sp³-hybridized carbons (Fsp3) is 0.417. The molecule has 0 radical (unpaired) electrons. The van der Waals surface area contributed by atoms with Crippen molar-refractivity contribution in [2.24, 2.45) is 0 Å². The molecule has 0 aromatic carbocycles. The summed E-state index contributed by atoms with van der Waals surface area (Å²) in [5, 5.41) is 4.43. The molecule has 16 heavy (non-hydrogen) atoms. The second kappa shape index (κ2) is 3.40. The van der Waals surface area contributed by atoms with Crippen LogP contribution in [0.2, 0.25) is 0 Å². The van der Waals surface area contributed by atoms with Gasteiger partial charge < -0.3 is 0 Å². The van der Waals surface area contributed by atoms with E-state index in [1.165, 1.54) is 6.92 Å². The summed E-state index contributed by atoms with van der Waals surface area (Å²) < 4.78 is 1.66. The molecule has 2 aromatic heterocycles. The first-order valence-electron chi connectivity index (χ1n) is 5.25. The van der Waals surface area contributed by atoms with E-state index < -0.39 is 0 Å². The van der Waals surface area contributed by atoms with E-state index in [1.54, 1.807) is 16.9 Å². The summed E-state index contributed by atoms with van der Waals surface area (Å²) in [7, 11) is 0. The van der Waals surface area contributed by atoms with Gasteiger partial charge >= 0.3 is 0 Å². The van der Waals surface area contributed by atoms with Crippen molar-refractivity contribution in [3.8, 4) is 0 Å². The minimum absolute atomic E-state index is 0.00205. The molecule has 0 N–H and O–H groups in total. The first-order valence-corrected chi connectivity index (χ1v) is 5.25. The SMILES string of the molecule is CC(=O)c1cnc2cc(C(C)(C)C)nn2c1. The van der Waals surface area contributed by atoms with Crippen molar-refractivity contribution >= 4 is 11.4 Å². The molecule has 84 valence electrons. The number of fused-ring (bicyclic) bond motifs is 1. The van der Waals surface area contributed by atoms with Crippen LogP contribution in [0.3, 0.4) is 0 Å². The lowest BCUT2D eigenvalue weighted by atomic mass is 9.93. The van der Waals surface area contributed by atoms with E-state index in [2.05, 4.69) is 30.9 Å². The summed E-state index contributed by atoms with van der Waals surface area (Å²) in [6.45, 7) is 7.82. The molecule has 0 spiro atoms. The van der Waals surface area contributed by atoms with E-state index in [-0.39, 0.29) is 11.2 Å². The molecule has 0 amide bonds. The van der Waals surface area contributed by atoms with Gasteiger partial charge in [-0.25, -0.2) is 9.50 Å². The van der Waals surface area contributed by atoms with Crippen LogP contribution in [0, 0.1) is 0 Å². The Bertz CT molecular complexity index is 549. The van der Waals surface area contributed by atoms with Gasteiger partial charge in [0, 0.05) is 23.9 Å². The number of rotatable bonds is 1. The second-order valence-corrected chi connectivity index (χ2v) is 4.98. The third-order valence-electron chi connectivity index (χ3n) is 2.49. The van der Waals surface area contributed by atoms with Gasteiger partial charge in [-0.3, -0.25) is 4.79 Å². The highest BCUT2D eigenvalue weighted by molar-refractivity contribution is 5.93. The lowest BCUT2D eigenvalue weighted by Crippen LogP contribution is -2.11. The van der Waals surface area contributed by atoms with Crippen LogP contribution in [0.5, 0.6) is 0 Å². The van der Waals surface area contributed by atoms with Crippen LogP contribution in [0.15, 0.2) is 18.5 Å². The number of hydrogen-bond donors (Lipinski definition) is 0. The van der Waals surface area contributed by atoms with Gasteiger partial charge in [0.25, 0.3) is 0 Å². The fourth-order valence-electron chi connectivity index (χ4n) is 1.43. The summed E-state index contributed by atoms with van der Waals surface area (Å²) in [5.74, 6) is 0.00205. The Morgan fingerprint density at radius 1 is 1.38 bits per heavy atom. The average Bonchev–Trinajstić information content (AvgIpc) is 2.58. The maximum Gasteiger partial charge on any atom is 0.162 e. The van der Waals surface area contributed by atoms with Crippen LogP contribution in [-0.2, 0) is 5.41 Å². The fourth-order valence-corrected chi connectivity index (χ4v) is 1.43. The van der Waals surface area contributed by atoms with Gasteiger partial charge in [-0.2, -0.15) is 5.10 Å². The minimum atomic E-state index is -0.00983. The molecule has 0 fully saturated rings. The first-order chi connectivity index (χ1) is 7.38. The van der Waals surface area contributed by atoms with Crippen LogP contribution in [0.25, 0.3) is 5.65 Å². The molecular formula is C12H15N3O. The van der Waals surface area contributed by atoms with Gasteiger partial charge in [0.15, 0.2) is 11.4 Å². The summed E-state index contributed by atoms with van der Waals surface area (Å²) in [5.41, 5.74) is 2.32. The number of aromatic nitrogens is 3. The Balaban J connectivity index is 2.59. The lowest BCUT2D eigenvalue weighted by Gasteiger charge is -2.13. The van der Waals surface area contributed by atoms with E-state index in [0.29, 0.717) is 5.56 Å². The van der Waals surface area contributed by atoms with Crippen LogP contribution in [-0.4, -0.2) is 20.4 Å². The molecule has 0 aliphatic rings. The van der Waals surface area contributed by atoms with Gasteiger partial charge in [-0.1, -0.05) is 20.8 Å². The maximum absolute atomic E-state index is 11.2. The smallest absolute Gasteiger partial charge is 0.162 e. The summed E-state index contributed by atoms with van der Waals surface area (Å²) in [6.07, 6.45) is 3.31. The first kappa shape index (κ1) is 10.8. The number of carbonyl (C=O) groups excluding carboxylic acids is 1. The summed E-state index contributed by atoms with van der Waals surface area (Å²) in [4.78, 5) is 15.4. The van der Waals surface area contributed by atoms with Crippen molar-refractivity contribution < 1.29 is 4.79 Å². The zero-order chi connectivity index (χ0) is 11.9. The van der Waals surface area contributed by atoms with Gasteiger partial charge in [0.1, 0.15) is 0 Å². The van der Waals surface area contributed by atoms with Crippen LogP contribution in [0.1, 0.15) is 43.7 Å². The third kappa shape index (κ3) is 1.83. The molecule has 2 heterocycles. The van der Waals surface area contributed by atoms with E-state index in [1.807, 2.05) is 6.07 Å². The largest absolute Gasteiger partial charge is 0.294 e. The highest BCUT2D eigenvalue weighted by Crippen LogP contribution is 2.21. The maximum atomic E-state index is 11.2. The van der Waals surface area contributed by atoms with Gasteiger partial charge in [-0.15, -0.1) is 0 Å². The number of ketones is 1. The Kier molecular flexibility index (Phi) is 2.30. The van der Waals surface area contributed by atoms with Gasteiger partial charge in [-0.05, 0) is 6.92 Å². The summed E-state index contributed by atoms with van der Waals surface area (Å²) in [6, 6.07) is 1.95. The van der Waals surface area contributed by atoms with E-state index >= 15 is 0 Å². The Morgan fingerprint density at radius 2 is 2.06 bits per heavy atom. The molecule has 0 saturated heterocycles. The van der Waals surface area contributed by atoms with Crippen molar-refractivity contribution in [3.05, 3.63) is 29.7 Å². The molecule has 4 heteroatoms. The van der Waals surface area contributed by atoms with Crippen molar-refractivity contribution in [3.63, 3.8) is 0 Å². The van der Waals surface area contributed by atoms with Crippen molar-refractivity contribution in [1.82, 2.24) is 14.6 Å². The van der Waals surface area contributed by atoms with Crippen molar-refractivity contribution in [2.75, 3.05) is 0 Å². The molecule has 0 unspecified atom stereocenters. The van der Waals surface area contributed by atoms with Gasteiger partial charge in [0.05, 0.1) is 11.3 Å². The minimum Gasteiger partial charge on any atom is -0.294 e. The molecule has 2 rings (SSSR count). The zero-order valence-electron chi connectivity index (χ0n) is 9.98. The zero-order valence-corrected chi connectivity index (χ0v) is 9.98. The topological polar surface area (TPSA) is 47.3 Å². The van der Waals surface area contributed by atoms with Crippen molar-refractivity contribution in [1.29, 1.82) is 0 Å². The predicted molar refractivity (Wildman–Crippen MR) is 61.7 cm³/mol. The highest BCUT2D eigenvalue weighted by atomic mass is 16.1. The molecule has 0 saturated carbocycles. The van der Waals surface area contributed by atoms with Crippen LogP contribution >= 0.6 is 0 Å². The van der Waals surface area contributed by atoms with Gasteiger partial charge in [0.2, 0.25) is 0 Å². The quantitative estimate of drug-likeness (QED) is 0.688. The number of hydrogen-bond acceptors (Lipinski definition) is 3. The van der Waals surface area contributed by atoms with Crippen LogP contribution in [0.4, 0.5) is 0 Å². The molecule has 0 bridgehead atoms. The predicted octanol–water partition coefficient (Wildman–Crippen LogP) is 2.23. The second-order valence-electron chi connectivity index (χ2n) is 4.98. The molecule has 4 nitrogen and oxygen atoms in total. The van der Waals surface area contributed by atoms with E-state index in [4.69, 9.17) is 0 Å². The Morgan fingerprint density at radius 3 is 2.62 bits per heavy atom. The molecule has 0 atom stereocenters. The number of carbonyl (C=O) groups is 1.